The van der Waals surface area contributed by atoms with Crippen LogP contribution in [0.15, 0.2) is 58.3 Å². The highest BCUT2D eigenvalue weighted by Crippen LogP contribution is 2.17. The van der Waals surface area contributed by atoms with Crippen molar-refractivity contribution in [3.8, 4) is 0 Å². The second-order valence-electron chi connectivity index (χ2n) is 5.80. The lowest BCUT2D eigenvalue weighted by Gasteiger charge is -2.17. The van der Waals surface area contributed by atoms with Crippen LogP contribution in [0.25, 0.3) is 0 Å². The second kappa shape index (κ2) is 10.3. The van der Waals surface area contributed by atoms with Crippen molar-refractivity contribution in [1.29, 1.82) is 0 Å². The maximum absolute atomic E-state index is 12.3. The van der Waals surface area contributed by atoms with Crippen LogP contribution in [0.2, 0.25) is 0 Å². The molecule has 27 heavy (non-hydrogen) atoms. The van der Waals surface area contributed by atoms with Gasteiger partial charge in [-0.05, 0) is 36.1 Å². The van der Waals surface area contributed by atoms with Crippen LogP contribution in [0.3, 0.4) is 0 Å². The molecule has 2 aromatic carbocycles. The van der Waals surface area contributed by atoms with Gasteiger partial charge in [-0.15, -0.1) is 11.8 Å². The summed E-state index contributed by atoms with van der Waals surface area (Å²) >= 11 is 1.66. The molecule has 7 heteroatoms. The largest absolute Gasteiger partial charge is 0.452 e. The van der Waals surface area contributed by atoms with Crippen LogP contribution in [0, 0.1) is 0 Å². The molecule has 0 radical (unpaired) electrons. The molecule has 2 aromatic rings. The van der Waals surface area contributed by atoms with Crippen LogP contribution in [0.1, 0.15) is 22.8 Å². The zero-order chi connectivity index (χ0) is 19.8. The molecule has 1 amide bonds. The molecule has 0 unspecified atom stereocenters. The monoisotopic (exact) mass is 405 g/mol. The molecule has 0 spiro atoms. The number of benzene rings is 2. The Labute approximate surface area is 166 Å². The fraction of sp³-hybridized carbons (Fsp3) is 0.300. The van der Waals surface area contributed by atoms with Crippen LogP contribution in [-0.2, 0) is 26.9 Å². The van der Waals surface area contributed by atoms with Gasteiger partial charge in [0.05, 0.1) is 21.3 Å². The fourth-order valence-electron chi connectivity index (χ4n) is 2.40. The summed E-state index contributed by atoms with van der Waals surface area (Å²) in [5.74, 6) is -0.536. The summed E-state index contributed by atoms with van der Waals surface area (Å²) in [4.78, 5) is 27.7. The van der Waals surface area contributed by atoms with Gasteiger partial charge in [-0.2, -0.15) is 0 Å². The van der Waals surface area contributed by atoms with Gasteiger partial charge in [0, 0.05) is 24.2 Å². The van der Waals surface area contributed by atoms with E-state index in [1.807, 2.05) is 30.5 Å². The molecule has 0 aromatic heterocycles. The number of nitrogens with zero attached hydrogens (tertiary/aromatic N) is 1. The van der Waals surface area contributed by atoms with Gasteiger partial charge in [-0.1, -0.05) is 31.2 Å². The smallest absolute Gasteiger partial charge is 0.339 e. The van der Waals surface area contributed by atoms with Gasteiger partial charge >= 0.3 is 5.97 Å². The Hall–Kier alpha value is -2.12. The molecule has 2 rings (SSSR count). The number of likely N-dealkylation sites (N-methyl/N-ethyl adjacent to an activating group) is 1. The number of hydrogen-bond acceptors (Lipinski definition) is 5. The molecule has 0 saturated carbocycles. The van der Waals surface area contributed by atoms with Gasteiger partial charge < -0.3 is 9.64 Å². The van der Waals surface area contributed by atoms with Gasteiger partial charge in [0.1, 0.15) is 0 Å². The molecule has 5 nitrogen and oxygen atoms in total. The van der Waals surface area contributed by atoms with E-state index in [0.29, 0.717) is 17.2 Å². The molecular formula is C20H23NO4S2. The van der Waals surface area contributed by atoms with E-state index in [-0.39, 0.29) is 18.1 Å². The molecule has 0 aliphatic heterocycles. The Balaban J connectivity index is 1.94. The molecule has 1 atom stereocenters. The average molecular weight is 406 g/mol. The van der Waals surface area contributed by atoms with Crippen LogP contribution in [0.5, 0.6) is 0 Å². The zero-order valence-corrected chi connectivity index (χ0v) is 17.3. The standard InChI is InChI=1S/C20H23NO4S2/c1-4-27(24)18-8-6-5-7-17(18)20(23)25-14-19(22)21(2)13-15-9-11-16(26-3)12-10-15/h5-12H,4,13-14H2,1-3H3/t27-/m1/s1. The van der Waals surface area contributed by atoms with Crippen molar-refractivity contribution >= 4 is 34.4 Å². The Morgan fingerprint density at radius 1 is 1.11 bits per heavy atom. The van der Waals surface area contributed by atoms with Crippen molar-refractivity contribution in [2.45, 2.75) is 23.3 Å². The lowest BCUT2D eigenvalue weighted by Crippen LogP contribution is -2.31. The lowest BCUT2D eigenvalue weighted by molar-refractivity contribution is -0.133. The number of esters is 1. The summed E-state index contributed by atoms with van der Waals surface area (Å²) in [5.41, 5.74) is 1.24. The molecule has 0 bridgehead atoms. The third-order valence-electron chi connectivity index (χ3n) is 3.95. The minimum atomic E-state index is -1.27. The number of ether oxygens (including phenoxy) is 1. The maximum atomic E-state index is 12.3. The van der Waals surface area contributed by atoms with Gasteiger partial charge in [-0.25, -0.2) is 4.79 Å². The number of thioether (sulfide) groups is 1. The van der Waals surface area contributed by atoms with E-state index in [0.717, 1.165) is 10.5 Å². The average Bonchev–Trinajstić information content (AvgIpc) is 2.71. The minimum Gasteiger partial charge on any atom is -0.452 e. The van der Waals surface area contributed by atoms with Gasteiger partial charge in [-0.3, -0.25) is 9.00 Å². The number of hydrogen-bond donors (Lipinski definition) is 0. The van der Waals surface area contributed by atoms with Crippen LogP contribution in [-0.4, -0.2) is 46.6 Å². The molecule has 0 fully saturated rings. The van der Waals surface area contributed by atoms with Crippen LogP contribution < -0.4 is 0 Å². The number of rotatable bonds is 8. The van der Waals surface area contributed by atoms with E-state index >= 15 is 0 Å². The van der Waals surface area contributed by atoms with Gasteiger partial charge in [0.15, 0.2) is 6.61 Å². The van der Waals surface area contributed by atoms with Crippen molar-refractivity contribution in [3.05, 3.63) is 59.7 Å². The third-order valence-corrected chi connectivity index (χ3v) is 6.06. The summed E-state index contributed by atoms with van der Waals surface area (Å²) in [7, 11) is 0.393. The Bertz CT molecular complexity index is 821. The van der Waals surface area contributed by atoms with Crippen molar-refractivity contribution in [1.82, 2.24) is 4.90 Å². The first-order valence-electron chi connectivity index (χ1n) is 8.47. The number of carbonyl (C=O) groups is 2. The zero-order valence-electron chi connectivity index (χ0n) is 15.6. The first-order valence-corrected chi connectivity index (χ1v) is 11.0. The highest BCUT2D eigenvalue weighted by atomic mass is 32.2. The fourth-order valence-corrected chi connectivity index (χ4v) is 3.74. The van der Waals surface area contributed by atoms with Crippen molar-refractivity contribution in [2.24, 2.45) is 0 Å². The second-order valence-corrected chi connectivity index (χ2v) is 8.39. The Morgan fingerprint density at radius 3 is 2.41 bits per heavy atom. The van der Waals surface area contributed by atoms with Crippen molar-refractivity contribution < 1.29 is 18.5 Å². The molecule has 0 N–H and O–H groups in total. The van der Waals surface area contributed by atoms with Gasteiger partial charge in [0.2, 0.25) is 0 Å². The van der Waals surface area contributed by atoms with E-state index in [9.17, 15) is 13.8 Å². The third kappa shape index (κ3) is 5.94. The highest BCUT2D eigenvalue weighted by molar-refractivity contribution is 7.98. The number of amides is 1. The molecular weight excluding hydrogens is 382 g/mol. The maximum Gasteiger partial charge on any atom is 0.339 e. The summed E-state index contributed by atoms with van der Waals surface area (Å²) in [6.07, 6.45) is 2.01. The Morgan fingerprint density at radius 2 is 1.78 bits per heavy atom. The molecule has 144 valence electrons. The molecule has 0 aliphatic carbocycles. The summed E-state index contributed by atoms with van der Waals surface area (Å²) < 4.78 is 17.2. The van der Waals surface area contributed by atoms with E-state index in [1.54, 1.807) is 50.0 Å². The Kier molecular flexibility index (Phi) is 8.06. The first-order chi connectivity index (χ1) is 13.0. The van der Waals surface area contributed by atoms with E-state index in [1.165, 1.54) is 4.90 Å². The van der Waals surface area contributed by atoms with Crippen LogP contribution in [0.4, 0.5) is 0 Å². The number of carbonyl (C=O) groups excluding carboxylic acids is 2. The van der Waals surface area contributed by atoms with Crippen molar-refractivity contribution in [3.63, 3.8) is 0 Å². The first kappa shape index (κ1) is 21.2. The van der Waals surface area contributed by atoms with Crippen LogP contribution >= 0.6 is 11.8 Å². The predicted molar refractivity (Wildman–Crippen MR) is 108 cm³/mol. The lowest BCUT2D eigenvalue weighted by atomic mass is 10.2. The highest BCUT2D eigenvalue weighted by Gasteiger charge is 2.18. The van der Waals surface area contributed by atoms with Crippen molar-refractivity contribution in [2.75, 3.05) is 25.7 Å². The van der Waals surface area contributed by atoms with E-state index < -0.39 is 16.8 Å². The summed E-state index contributed by atoms with van der Waals surface area (Å²) in [6, 6.07) is 14.6. The van der Waals surface area contributed by atoms with E-state index in [2.05, 4.69) is 0 Å². The quantitative estimate of drug-likeness (QED) is 0.498. The van der Waals surface area contributed by atoms with Gasteiger partial charge in [0.25, 0.3) is 5.91 Å². The SMILES string of the molecule is CC[S@@](=O)c1ccccc1C(=O)OCC(=O)N(C)Cc1ccc(SC)cc1. The topological polar surface area (TPSA) is 63.7 Å². The molecule has 0 saturated heterocycles. The van der Waals surface area contributed by atoms with E-state index in [4.69, 9.17) is 4.74 Å². The predicted octanol–water partition coefficient (Wildman–Crippen LogP) is 3.35. The molecule has 0 heterocycles. The minimum absolute atomic E-state index is 0.237. The normalized spacial score (nSPS) is 11.7. The summed E-state index contributed by atoms with van der Waals surface area (Å²) in [5, 5.41) is 0. The summed E-state index contributed by atoms with van der Waals surface area (Å²) in [6.45, 7) is 1.86. The molecule has 0 aliphatic rings.